The zero-order valence-corrected chi connectivity index (χ0v) is 20.6. The van der Waals surface area contributed by atoms with Crippen LogP contribution in [-0.2, 0) is 4.79 Å². The van der Waals surface area contributed by atoms with Gasteiger partial charge in [0.1, 0.15) is 11.9 Å². The summed E-state index contributed by atoms with van der Waals surface area (Å²) in [6.07, 6.45) is 6.80. The van der Waals surface area contributed by atoms with Gasteiger partial charge in [0.2, 0.25) is 5.78 Å². The molecule has 2 N–H and O–H groups in total. The Morgan fingerprint density at radius 1 is 1.14 bits per heavy atom. The Kier molecular flexibility index (Phi) is 7.36. The van der Waals surface area contributed by atoms with Crippen molar-refractivity contribution in [3.63, 3.8) is 0 Å². The molecule has 3 aromatic rings. The number of nitrogens with zero attached hydrogens (tertiary/aromatic N) is 3. The maximum atomic E-state index is 13.0. The number of likely N-dealkylation sites (tertiary alicyclic amines) is 1. The van der Waals surface area contributed by atoms with E-state index in [0.717, 1.165) is 44.5 Å². The molecule has 2 fully saturated rings. The second kappa shape index (κ2) is 10.8. The van der Waals surface area contributed by atoms with E-state index < -0.39 is 23.8 Å². The second-order valence-corrected chi connectivity index (χ2v) is 9.77. The maximum Gasteiger partial charge on any atom is 0.292 e. The van der Waals surface area contributed by atoms with E-state index in [1.165, 1.54) is 0 Å². The summed E-state index contributed by atoms with van der Waals surface area (Å²) in [5.41, 5.74) is 1.61. The molecule has 2 unspecified atom stereocenters. The number of benzene rings is 2. The molecule has 2 aliphatic rings. The topological polar surface area (TPSA) is 96.7 Å². The zero-order chi connectivity index (χ0) is 25.1. The fourth-order valence-corrected chi connectivity index (χ4v) is 4.65. The second-order valence-electron chi connectivity index (χ2n) is 9.37. The van der Waals surface area contributed by atoms with Gasteiger partial charge in [-0.25, -0.2) is 4.68 Å². The normalized spacial score (nSPS) is 17.5. The molecule has 9 heteroatoms. The maximum absolute atomic E-state index is 13.0. The summed E-state index contributed by atoms with van der Waals surface area (Å²) >= 11 is 6.41. The van der Waals surface area contributed by atoms with Crippen molar-refractivity contribution in [2.45, 2.75) is 43.9 Å². The number of aromatic nitrogens is 2. The summed E-state index contributed by atoms with van der Waals surface area (Å²) in [5, 5.41) is 18.6. The zero-order valence-electron chi connectivity index (χ0n) is 19.8. The van der Waals surface area contributed by atoms with E-state index in [4.69, 9.17) is 16.3 Å². The molecule has 1 aliphatic carbocycles. The van der Waals surface area contributed by atoms with Gasteiger partial charge in [-0.05, 0) is 86.8 Å². The highest BCUT2D eigenvalue weighted by Crippen LogP contribution is 2.34. The van der Waals surface area contributed by atoms with Crippen molar-refractivity contribution in [2.75, 3.05) is 19.6 Å². The van der Waals surface area contributed by atoms with Gasteiger partial charge < -0.3 is 20.1 Å². The van der Waals surface area contributed by atoms with Crippen LogP contribution >= 0.6 is 11.6 Å². The number of hydrogen-bond acceptors (Lipinski definition) is 6. The third-order valence-electron chi connectivity index (χ3n) is 6.57. The van der Waals surface area contributed by atoms with E-state index in [1.54, 1.807) is 65.6 Å². The Morgan fingerprint density at radius 2 is 1.89 bits per heavy atom. The van der Waals surface area contributed by atoms with Crippen molar-refractivity contribution in [1.29, 1.82) is 0 Å². The molecule has 1 aromatic heterocycles. The van der Waals surface area contributed by atoms with Crippen LogP contribution in [0.1, 0.15) is 47.7 Å². The van der Waals surface area contributed by atoms with Crippen molar-refractivity contribution in [3.8, 4) is 11.4 Å². The highest BCUT2D eigenvalue weighted by molar-refractivity contribution is 6.42. The van der Waals surface area contributed by atoms with Crippen LogP contribution in [0.25, 0.3) is 5.69 Å². The Balaban J connectivity index is 1.30. The summed E-state index contributed by atoms with van der Waals surface area (Å²) < 4.78 is 7.46. The molecular weight excluding hydrogens is 480 g/mol. The number of carbonyl (C=O) groups is 2. The Hall–Kier alpha value is -3.20. The first-order valence-electron chi connectivity index (χ1n) is 12.3. The summed E-state index contributed by atoms with van der Waals surface area (Å²) in [6, 6.07) is 13.0. The molecule has 1 aliphatic heterocycles. The van der Waals surface area contributed by atoms with E-state index in [1.807, 2.05) is 0 Å². The van der Waals surface area contributed by atoms with Crippen LogP contribution in [0.4, 0.5) is 0 Å². The van der Waals surface area contributed by atoms with Crippen LogP contribution in [0.5, 0.6) is 5.75 Å². The standard InChI is InChI=1S/C27H29ClN4O4/c28-22-16-19(6-11-24(22)36-21-9-10-21)25(33)23(17-31-13-1-2-14-31)30-27(35)26(34)18-4-7-20(8-5-18)32-15-3-12-29-32/h3-8,11-12,15-16,21,23,25,33H,1-2,9-10,13-14,17H2,(H,30,35). The van der Waals surface area contributed by atoms with E-state index in [9.17, 15) is 14.7 Å². The van der Waals surface area contributed by atoms with Gasteiger partial charge in [0.05, 0.1) is 22.9 Å². The van der Waals surface area contributed by atoms with Crippen LogP contribution in [0.3, 0.4) is 0 Å². The lowest BCUT2D eigenvalue weighted by atomic mass is 10.0. The number of carbonyl (C=O) groups excluding carboxylic acids is 2. The molecule has 188 valence electrons. The monoisotopic (exact) mass is 508 g/mol. The van der Waals surface area contributed by atoms with Crippen LogP contribution < -0.4 is 10.1 Å². The van der Waals surface area contributed by atoms with Crippen molar-refractivity contribution in [2.24, 2.45) is 0 Å². The first kappa shape index (κ1) is 24.5. The lowest BCUT2D eigenvalue weighted by Crippen LogP contribution is -2.48. The number of Topliss-reactive ketones (excluding diaryl/α,β-unsaturated/α-hetero) is 1. The number of aliphatic hydroxyl groups excluding tert-OH is 1. The lowest BCUT2D eigenvalue weighted by Gasteiger charge is -2.28. The van der Waals surface area contributed by atoms with Gasteiger partial charge in [-0.3, -0.25) is 9.59 Å². The molecule has 5 rings (SSSR count). The third-order valence-corrected chi connectivity index (χ3v) is 6.87. The number of amides is 1. The summed E-state index contributed by atoms with van der Waals surface area (Å²) in [4.78, 5) is 28.1. The number of rotatable bonds is 10. The fraction of sp³-hybridized carbons (Fsp3) is 0.370. The van der Waals surface area contributed by atoms with Gasteiger partial charge in [-0.15, -0.1) is 0 Å². The highest BCUT2D eigenvalue weighted by atomic mass is 35.5. The van der Waals surface area contributed by atoms with E-state index >= 15 is 0 Å². The SMILES string of the molecule is O=C(NC(CN1CCCC1)C(O)c1ccc(OC2CC2)c(Cl)c1)C(=O)c1ccc(-n2cccn2)cc1. The minimum Gasteiger partial charge on any atom is -0.489 e. The van der Waals surface area contributed by atoms with Crippen LogP contribution in [0.15, 0.2) is 60.9 Å². The van der Waals surface area contributed by atoms with Gasteiger partial charge in [0.25, 0.3) is 5.91 Å². The number of nitrogens with one attached hydrogen (secondary N) is 1. The molecule has 1 saturated heterocycles. The molecule has 2 atom stereocenters. The van der Waals surface area contributed by atoms with E-state index in [0.29, 0.717) is 22.9 Å². The first-order valence-corrected chi connectivity index (χ1v) is 12.7. The minimum absolute atomic E-state index is 0.208. The molecule has 0 spiro atoms. The highest BCUT2D eigenvalue weighted by Gasteiger charge is 2.30. The first-order chi connectivity index (χ1) is 17.5. The number of hydrogen-bond donors (Lipinski definition) is 2. The predicted octanol–water partition coefficient (Wildman–Crippen LogP) is 3.56. The van der Waals surface area contributed by atoms with Gasteiger partial charge >= 0.3 is 0 Å². The molecule has 0 radical (unpaired) electrons. The smallest absolute Gasteiger partial charge is 0.292 e. The minimum atomic E-state index is -1.04. The van der Waals surface area contributed by atoms with Crippen molar-refractivity contribution in [3.05, 3.63) is 77.1 Å². The predicted molar refractivity (Wildman–Crippen MR) is 136 cm³/mol. The number of halogens is 1. The molecule has 36 heavy (non-hydrogen) atoms. The van der Waals surface area contributed by atoms with E-state index in [2.05, 4.69) is 15.3 Å². The van der Waals surface area contributed by atoms with Crippen molar-refractivity contribution in [1.82, 2.24) is 20.0 Å². The van der Waals surface area contributed by atoms with E-state index in [-0.39, 0.29) is 11.7 Å². The Bertz CT molecular complexity index is 1210. The van der Waals surface area contributed by atoms with Gasteiger partial charge in [-0.1, -0.05) is 17.7 Å². The molecule has 2 aromatic carbocycles. The molecule has 1 saturated carbocycles. The molecule has 1 amide bonds. The van der Waals surface area contributed by atoms with Gasteiger partial charge in [0.15, 0.2) is 0 Å². The summed E-state index contributed by atoms with van der Waals surface area (Å²) in [5.74, 6) is -0.833. The molecule has 0 bridgehead atoms. The van der Waals surface area contributed by atoms with Crippen molar-refractivity contribution < 1.29 is 19.4 Å². The average molecular weight is 509 g/mol. The summed E-state index contributed by atoms with van der Waals surface area (Å²) in [6.45, 7) is 2.20. The third kappa shape index (κ3) is 5.78. The fourth-order valence-electron chi connectivity index (χ4n) is 4.41. The molecular formula is C27H29ClN4O4. The van der Waals surface area contributed by atoms with Crippen LogP contribution in [0, 0.1) is 0 Å². The number of aliphatic hydroxyl groups is 1. The summed E-state index contributed by atoms with van der Waals surface area (Å²) in [7, 11) is 0. The molecule has 8 nitrogen and oxygen atoms in total. The number of ketones is 1. The van der Waals surface area contributed by atoms with Crippen molar-refractivity contribution >= 4 is 23.3 Å². The lowest BCUT2D eigenvalue weighted by molar-refractivity contribution is -0.118. The van der Waals surface area contributed by atoms with Crippen LogP contribution in [0.2, 0.25) is 5.02 Å². The largest absolute Gasteiger partial charge is 0.489 e. The van der Waals surface area contributed by atoms with Gasteiger partial charge in [0, 0.05) is 24.5 Å². The Labute approximate surface area is 214 Å². The quantitative estimate of drug-likeness (QED) is 0.321. The van der Waals surface area contributed by atoms with Crippen LogP contribution in [-0.4, -0.2) is 63.3 Å². The average Bonchev–Trinajstić information content (AvgIpc) is 3.31. The Morgan fingerprint density at radius 3 is 2.53 bits per heavy atom. The van der Waals surface area contributed by atoms with Gasteiger partial charge in [-0.2, -0.15) is 5.10 Å². The molecule has 2 heterocycles. The number of ether oxygens (including phenoxy) is 1.